The first kappa shape index (κ1) is 20.7. The highest BCUT2D eigenvalue weighted by molar-refractivity contribution is 5.78. The van der Waals surface area contributed by atoms with Crippen molar-refractivity contribution in [3.63, 3.8) is 0 Å². The fourth-order valence-corrected chi connectivity index (χ4v) is 4.81. The molecule has 28 heavy (non-hydrogen) atoms. The van der Waals surface area contributed by atoms with E-state index in [-0.39, 0.29) is 18.4 Å². The van der Waals surface area contributed by atoms with E-state index in [4.69, 9.17) is 5.26 Å². The van der Waals surface area contributed by atoms with Crippen LogP contribution in [-0.2, 0) is 4.79 Å². The molecule has 0 unspecified atom stereocenters. The van der Waals surface area contributed by atoms with Crippen molar-refractivity contribution in [1.29, 1.82) is 5.26 Å². The minimum atomic E-state index is -0.118. The van der Waals surface area contributed by atoms with Gasteiger partial charge in [0.15, 0.2) is 0 Å². The number of piperazine rings is 1. The number of carbonyl (C=O) groups is 1. The van der Waals surface area contributed by atoms with Gasteiger partial charge in [-0.1, -0.05) is 18.2 Å². The van der Waals surface area contributed by atoms with Gasteiger partial charge >= 0.3 is 0 Å². The van der Waals surface area contributed by atoms with Crippen molar-refractivity contribution < 1.29 is 4.79 Å². The predicted molar refractivity (Wildman–Crippen MR) is 113 cm³/mol. The minimum absolute atomic E-state index is 0.0199. The summed E-state index contributed by atoms with van der Waals surface area (Å²) in [6.45, 7) is 10.1. The van der Waals surface area contributed by atoms with Gasteiger partial charge in [0.1, 0.15) is 6.42 Å². The Morgan fingerprint density at radius 3 is 2.36 bits per heavy atom. The Kier molecular flexibility index (Phi) is 7.33. The van der Waals surface area contributed by atoms with Gasteiger partial charge in [-0.25, -0.2) is 0 Å². The molecule has 1 aliphatic heterocycles. The highest BCUT2D eigenvalue weighted by Gasteiger charge is 2.24. The van der Waals surface area contributed by atoms with Crippen LogP contribution in [0.1, 0.15) is 49.7 Å². The second kappa shape index (κ2) is 9.93. The molecular weight excluding hydrogens is 348 g/mol. The topological polar surface area (TPSA) is 59.4 Å². The fraction of sp³-hybridized carbons (Fsp3) is 0.652. The summed E-state index contributed by atoms with van der Waals surface area (Å²) in [4.78, 5) is 16.7. The zero-order valence-electron chi connectivity index (χ0n) is 17.4. The molecule has 152 valence electrons. The lowest BCUT2D eigenvalue weighted by molar-refractivity contribution is -0.121. The first-order valence-electron chi connectivity index (χ1n) is 10.8. The second-order valence-electron chi connectivity index (χ2n) is 8.48. The summed E-state index contributed by atoms with van der Waals surface area (Å²) in [7, 11) is 0. The van der Waals surface area contributed by atoms with Crippen LogP contribution in [0.5, 0.6) is 0 Å². The fourth-order valence-electron chi connectivity index (χ4n) is 4.81. The van der Waals surface area contributed by atoms with Crippen LogP contribution in [0.3, 0.4) is 0 Å². The smallest absolute Gasteiger partial charge is 0.234 e. The maximum atomic E-state index is 11.6. The van der Waals surface area contributed by atoms with Gasteiger partial charge < -0.3 is 10.2 Å². The molecule has 3 rings (SSSR count). The second-order valence-corrected chi connectivity index (χ2v) is 8.48. The Morgan fingerprint density at radius 2 is 1.75 bits per heavy atom. The molecule has 5 nitrogen and oxygen atoms in total. The Balaban J connectivity index is 1.36. The van der Waals surface area contributed by atoms with Gasteiger partial charge in [0.25, 0.3) is 0 Å². The largest absolute Gasteiger partial charge is 0.369 e. The van der Waals surface area contributed by atoms with Gasteiger partial charge in [-0.3, -0.25) is 9.69 Å². The summed E-state index contributed by atoms with van der Waals surface area (Å²) in [5.74, 6) is 0.661. The quantitative estimate of drug-likeness (QED) is 0.819. The van der Waals surface area contributed by atoms with E-state index in [2.05, 4.69) is 47.2 Å². The van der Waals surface area contributed by atoms with Gasteiger partial charge in [0.2, 0.25) is 5.91 Å². The molecule has 0 atom stereocenters. The SMILES string of the molecule is Cc1cccc(C)c1N1CCN(CCC2CCC(NC(=O)CC#N)CC2)CC1. The standard InChI is InChI=1S/C23H34N4O/c1-18-4-3-5-19(2)23(18)27-16-14-26(15-17-27)13-11-20-6-8-21(9-7-20)25-22(28)10-12-24/h3-5,20-21H,6-11,13-17H2,1-2H3,(H,25,28). The van der Waals surface area contributed by atoms with Crippen molar-refractivity contribution in [1.82, 2.24) is 10.2 Å². The predicted octanol–water partition coefficient (Wildman–Crippen LogP) is 3.40. The number of nitrogens with one attached hydrogen (secondary N) is 1. The summed E-state index contributed by atoms with van der Waals surface area (Å²) in [5, 5.41) is 11.6. The molecule has 1 heterocycles. The lowest BCUT2D eigenvalue weighted by Crippen LogP contribution is -2.47. The number of aryl methyl sites for hydroxylation is 2. The molecule has 0 bridgehead atoms. The van der Waals surface area contributed by atoms with E-state index in [0.29, 0.717) is 0 Å². The summed E-state index contributed by atoms with van der Waals surface area (Å²) in [5.41, 5.74) is 4.19. The number of anilines is 1. The van der Waals surface area contributed by atoms with E-state index in [1.165, 1.54) is 42.6 Å². The maximum Gasteiger partial charge on any atom is 0.234 e. The van der Waals surface area contributed by atoms with Crippen molar-refractivity contribution in [3.05, 3.63) is 29.3 Å². The lowest BCUT2D eigenvalue weighted by Gasteiger charge is -2.38. The molecule has 2 fully saturated rings. The zero-order chi connectivity index (χ0) is 19.9. The van der Waals surface area contributed by atoms with Gasteiger partial charge in [0, 0.05) is 37.9 Å². The Hall–Kier alpha value is -2.06. The Labute approximate surface area is 169 Å². The number of nitrogens with zero attached hydrogens (tertiary/aromatic N) is 3. The van der Waals surface area contributed by atoms with Gasteiger partial charge in [-0.15, -0.1) is 0 Å². The van der Waals surface area contributed by atoms with Crippen molar-refractivity contribution in [2.45, 2.75) is 58.4 Å². The molecule has 1 aromatic rings. The van der Waals surface area contributed by atoms with Crippen LogP contribution in [0.4, 0.5) is 5.69 Å². The molecule has 5 heteroatoms. The summed E-state index contributed by atoms with van der Waals surface area (Å²) >= 11 is 0. The number of rotatable bonds is 6. The van der Waals surface area contributed by atoms with Crippen LogP contribution < -0.4 is 10.2 Å². The molecule has 1 saturated heterocycles. The molecule has 1 N–H and O–H groups in total. The number of amides is 1. The van der Waals surface area contributed by atoms with Crippen molar-refractivity contribution >= 4 is 11.6 Å². The van der Waals surface area contributed by atoms with E-state index in [0.717, 1.165) is 44.9 Å². The highest BCUT2D eigenvalue weighted by Crippen LogP contribution is 2.28. The van der Waals surface area contributed by atoms with Gasteiger partial charge in [-0.2, -0.15) is 5.26 Å². The number of hydrogen-bond donors (Lipinski definition) is 1. The average molecular weight is 383 g/mol. The van der Waals surface area contributed by atoms with Crippen LogP contribution in [0.25, 0.3) is 0 Å². The van der Waals surface area contributed by atoms with Crippen LogP contribution >= 0.6 is 0 Å². The molecule has 1 saturated carbocycles. The third kappa shape index (κ3) is 5.48. The van der Waals surface area contributed by atoms with Gasteiger partial charge in [-0.05, 0) is 69.5 Å². The minimum Gasteiger partial charge on any atom is -0.369 e. The van der Waals surface area contributed by atoms with Gasteiger partial charge in [0.05, 0.1) is 6.07 Å². The molecule has 1 aliphatic carbocycles. The molecule has 0 radical (unpaired) electrons. The number of benzene rings is 1. The Bertz CT molecular complexity index is 675. The number of hydrogen-bond acceptors (Lipinski definition) is 4. The molecule has 1 amide bonds. The molecule has 0 spiro atoms. The van der Waals surface area contributed by atoms with E-state index in [1.54, 1.807) is 0 Å². The summed E-state index contributed by atoms with van der Waals surface area (Å²) in [6, 6.07) is 8.78. The van der Waals surface area contributed by atoms with E-state index in [9.17, 15) is 4.79 Å². The van der Waals surface area contributed by atoms with Crippen molar-refractivity contribution in [2.75, 3.05) is 37.6 Å². The first-order valence-corrected chi connectivity index (χ1v) is 10.8. The van der Waals surface area contributed by atoms with Crippen LogP contribution in [0.15, 0.2) is 18.2 Å². The molecule has 0 aromatic heterocycles. The number of para-hydroxylation sites is 1. The average Bonchev–Trinajstić information content (AvgIpc) is 2.68. The molecule has 2 aliphatic rings. The third-order valence-electron chi connectivity index (χ3n) is 6.43. The lowest BCUT2D eigenvalue weighted by atomic mass is 9.84. The zero-order valence-corrected chi connectivity index (χ0v) is 17.4. The van der Waals surface area contributed by atoms with Crippen LogP contribution in [-0.4, -0.2) is 49.6 Å². The van der Waals surface area contributed by atoms with E-state index < -0.39 is 0 Å². The van der Waals surface area contributed by atoms with E-state index >= 15 is 0 Å². The van der Waals surface area contributed by atoms with Crippen LogP contribution in [0, 0.1) is 31.1 Å². The molecule has 1 aromatic carbocycles. The normalized spacial score (nSPS) is 23.2. The maximum absolute atomic E-state index is 11.6. The molecular formula is C23H34N4O. The van der Waals surface area contributed by atoms with Crippen molar-refractivity contribution in [3.8, 4) is 6.07 Å². The van der Waals surface area contributed by atoms with Crippen LogP contribution in [0.2, 0.25) is 0 Å². The Morgan fingerprint density at radius 1 is 1.11 bits per heavy atom. The summed E-state index contributed by atoms with van der Waals surface area (Å²) < 4.78 is 0. The third-order valence-corrected chi connectivity index (χ3v) is 6.43. The summed E-state index contributed by atoms with van der Waals surface area (Å²) in [6.07, 6.45) is 5.75. The monoisotopic (exact) mass is 382 g/mol. The first-order chi connectivity index (χ1) is 13.6. The number of nitriles is 1. The highest BCUT2D eigenvalue weighted by atomic mass is 16.1. The number of carbonyl (C=O) groups excluding carboxylic acids is 1. The van der Waals surface area contributed by atoms with Crippen molar-refractivity contribution in [2.24, 2.45) is 5.92 Å². The van der Waals surface area contributed by atoms with E-state index in [1.807, 2.05) is 6.07 Å².